The Balaban J connectivity index is 2.44. The molecule has 0 saturated carbocycles. The van der Waals surface area contributed by atoms with Gasteiger partial charge < -0.3 is 9.84 Å². The SMILES string of the molecule is COc1ccc(Br)cc1C(O)c1cccc(F)c1. The minimum Gasteiger partial charge on any atom is -0.496 e. The van der Waals surface area contributed by atoms with Crippen LogP contribution in [0.4, 0.5) is 4.39 Å². The third-order valence-electron chi connectivity index (χ3n) is 2.65. The smallest absolute Gasteiger partial charge is 0.125 e. The van der Waals surface area contributed by atoms with E-state index in [1.807, 2.05) is 6.07 Å². The van der Waals surface area contributed by atoms with Crippen LogP contribution in [-0.2, 0) is 0 Å². The zero-order valence-corrected chi connectivity index (χ0v) is 11.3. The number of benzene rings is 2. The normalized spacial score (nSPS) is 12.2. The Bertz CT molecular complexity index is 557. The fourth-order valence-corrected chi connectivity index (χ4v) is 2.15. The molecular formula is C14H12BrFO2. The second-order valence-electron chi connectivity index (χ2n) is 3.84. The van der Waals surface area contributed by atoms with Crippen LogP contribution < -0.4 is 4.74 Å². The van der Waals surface area contributed by atoms with Gasteiger partial charge in [0.05, 0.1) is 7.11 Å². The quantitative estimate of drug-likeness (QED) is 0.937. The highest BCUT2D eigenvalue weighted by molar-refractivity contribution is 9.10. The summed E-state index contributed by atoms with van der Waals surface area (Å²) in [5, 5.41) is 10.3. The maximum Gasteiger partial charge on any atom is 0.125 e. The second-order valence-corrected chi connectivity index (χ2v) is 4.76. The van der Waals surface area contributed by atoms with Gasteiger partial charge in [-0.05, 0) is 35.9 Å². The average Bonchev–Trinajstić information content (AvgIpc) is 2.38. The maximum atomic E-state index is 13.2. The molecule has 1 unspecified atom stereocenters. The van der Waals surface area contributed by atoms with Crippen LogP contribution in [0, 0.1) is 5.82 Å². The number of methoxy groups -OCH3 is 1. The van der Waals surface area contributed by atoms with Gasteiger partial charge in [-0.2, -0.15) is 0 Å². The van der Waals surface area contributed by atoms with Crippen LogP contribution in [0.25, 0.3) is 0 Å². The summed E-state index contributed by atoms with van der Waals surface area (Å²) in [6.45, 7) is 0. The van der Waals surface area contributed by atoms with Crippen LogP contribution in [-0.4, -0.2) is 12.2 Å². The van der Waals surface area contributed by atoms with Crippen molar-refractivity contribution in [2.45, 2.75) is 6.10 Å². The molecule has 2 rings (SSSR count). The Morgan fingerprint density at radius 2 is 2.00 bits per heavy atom. The molecule has 0 aliphatic heterocycles. The van der Waals surface area contributed by atoms with Gasteiger partial charge in [-0.3, -0.25) is 0 Å². The zero-order chi connectivity index (χ0) is 13.1. The number of hydrogen-bond donors (Lipinski definition) is 1. The molecule has 18 heavy (non-hydrogen) atoms. The van der Waals surface area contributed by atoms with Crippen molar-refractivity contribution in [2.75, 3.05) is 7.11 Å². The van der Waals surface area contributed by atoms with Crippen LogP contribution >= 0.6 is 15.9 Å². The van der Waals surface area contributed by atoms with Gasteiger partial charge in [0.25, 0.3) is 0 Å². The summed E-state index contributed by atoms with van der Waals surface area (Å²) in [6.07, 6.45) is -0.923. The van der Waals surface area contributed by atoms with E-state index in [2.05, 4.69) is 15.9 Å². The van der Waals surface area contributed by atoms with Gasteiger partial charge in [-0.1, -0.05) is 28.1 Å². The van der Waals surface area contributed by atoms with Crippen LogP contribution in [0.15, 0.2) is 46.9 Å². The number of rotatable bonds is 3. The Labute approximate surface area is 113 Å². The van der Waals surface area contributed by atoms with Crippen molar-refractivity contribution in [3.05, 3.63) is 63.9 Å². The third kappa shape index (κ3) is 2.71. The van der Waals surface area contributed by atoms with E-state index >= 15 is 0 Å². The number of aliphatic hydroxyl groups is 1. The summed E-state index contributed by atoms with van der Waals surface area (Å²) in [4.78, 5) is 0. The number of aliphatic hydroxyl groups excluding tert-OH is 1. The summed E-state index contributed by atoms with van der Waals surface area (Å²) in [7, 11) is 1.53. The lowest BCUT2D eigenvalue weighted by Crippen LogP contribution is -2.02. The fraction of sp³-hybridized carbons (Fsp3) is 0.143. The summed E-state index contributed by atoms with van der Waals surface area (Å²) in [5.74, 6) is 0.190. The Hall–Kier alpha value is -1.39. The van der Waals surface area contributed by atoms with Gasteiger partial charge >= 0.3 is 0 Å². The molecule has 2 aromatic rings. The molecule has 0 heterocycles. The predicted octanol–water partition coefficient (Wildman–Crippen LogP) is 3.68. The first kappa shape index (κ1) is 13.1. The molecule has 0 aliphatic carbocycles. The van der Waals surface area contributed by atoms with Gasteiger partial charge in [-0.25, -0.2) is 4.39 Å². The molecule has 0 fully saturated rings. The van der Waals surface area contributed by atoms with Crippen LogP contribution in [0.2, 0.25) is 0 Å². The van der Waals surface area contributed by atoms with Gasteiger partial charge in [0, 0.05) is 10.0 Å². The van der Waals surface area contributed by atoms with Crippen molar-refractivity contribution < 1.29 is 14.2 Å². The molecule has 94 valence electrons. The van der Waals surface area contributed by atoms with E-state index in [1.165, 1.54) is 19.2 Å². The molecule has 1 atom stereocenters. The lowest BCUT2D eigenvalue weighted by Gasteiger charge is -2.15. The first-order chi connectivity index (χ1) is 8.61. The summed E-state index contributed by atoms with van der Waals surface area (Å²) < 4.78 is 19.2. The Morgan fingerprint density at radius 1 is 1.22 bits per heavy atom. The van der Waals surface area contributed by atoms with E-state index in [-0.39, 0.29) is 5.82 Å². The Morgan fingerprint density at radius 3 is 2.67 bits per heavy atom. The molecular weight excluding hydrogens is 299 g/mol. The Kier molecular flexibility index (Phi) is 3.99. The van der Waals surface area contributed by atoms with E-state index in [0.717, 1.165) is 4.47 Å². The van der Waals surface area contributed by atoms with Crippen molar-refractivity contribution in [1.82, 2.24) is 0 Å². The molecule has 0 amide bonds. The van der Waals surface area contributed by atoms with E-state index in [4.69, 9.17) is 4.74 Å². The zero-order valence-electron chi connectivity index (χ0n) is 9.73. The summed E-state index contributed by atoms with van der Waals surface area (Å²) in [6, 6.07) is 11.2. The monoisotopic (exact) mass is 310 g/mol. The highest BCUT2D eigenvalue weighted by Crippen LogP contribution is 2.32. The number of ether oxygens (including phenoxy) is 1. The van der Waals surface area contributed by atoms with E-state index in [1.54, 1.807) is 24.3 Å². The molecule has 0 aliphatic rings. The molecule has 0 radical (unpaired) electrons. The van der Waals surface area contributed by atoms with Crippen LogP contribution in [0.1, 0.15) is 17.2 Å². The summed E-state index contributed by atoms with van der Waals surface area (Å²) in [5.41, 5.74) is 1.09. The third-order valence-corrected chi connectivity index (χ3v) is 3.14. The summed E-state index contributed by atoms with van der Waals surface area (Å²) >= 11 is 3.34. The first-order valence-corrected chi connectivity index (χ1v) is 6.18. The van der Waals surface area contributed by atoms with Gasteiger partial charge in [-0.15, -0.1) is 0 Å². The minimum atomic E-state index is -0.923. The van der Waals surface area contributed by atoms with Crippen molar-refractivity contribution >= 4 is 15.9 Å². The number of hydrogen-bond acceptors (Lipinski definition) is 2. The molecule has 0 spiro atoms. The second kappa shape index (κ2) is 5.50. The molecule has 4 heteroatoms. The lowest BCUT2D eigenvalue weighted by atomic mass is 10.0. The minimum absolute atomic E-state index is 0.375. The lowest BCUT2D eigenvalue weighted by molar-refractivity contribution is 0.214. The molecule has 1 N–H and O–H groups in total. The highest BCUT2D eigenvalue weighted by atomic mass is 79.9. The van der Waals surface area contributed by atoms with Gasteiger partial charge in [0.15, 0.2) is 0 Å². The van der Waals surface area contributed by atoms with E-state index < -0.39 is 6.10 Å². The van der Waals surface area contributed by atoms with Crippen molar-refractivity contribution in [3.63, 3.8) is 0 Å². The fourth-order valence-electron chi connectivity index (χ4n) is 1.78. The van der Waals surface area contributed by atoms with Crippen molar-refractivity contribution in [3.8, 4) is 5.75 Å². The van der Waals surface area contributed by atoms with Crippen LogP contribution in [0.5, 0.6) is 5.75 Å². The molecule has 2 aromatic carbocycles. The molecule has 0 bridgehead atoms. The maximum absolute atomic E-state index is 13.2. The first-order valence-electron chi connectivity index (χ1n) is 5.39. The molecule has 0 saturated heterocycles. The number of halogens is 2. The van der Waals surface area contributed by atoms with E-state index in [0.29, 0.717) is 16.9 Å². The average molecular weight is 311 g/mol. The van der Waals surface area contributed by atoms with Crippen molar-refractivity contribution in [2.24, 2.45) is 0 Å². The van der Waals surface area contributed by atoms with Crippen LogP contribution in [0.3, 0.4) is 0 Å². The molecule has 0 aromatic heterocycles. The van der Waals surface area contributed by atoms with Gasteiger partial charge in [0.2, 0.25) is 0 Å². The van der Waals surface area contributed by atoms with Gasteiger partial charge in [0.1, 0.15) is 17.7 Å². The van der Waals surface area contributed by atoms with E-state index in [9.17, 15) is 9.50 Å². The largest absolute Gasteiger partial charge is 0.496 e. The standard InChI is InChI=1S/C14H12BrFO2/c1-18-13-6-5-10(15)8-12(13)14(17)9-3-2-4-11(16)7-9/h2-8,14,17H,1H3. The topological polar surface area (TPSA) is 29.5 Å². The van der Waals surface area contributed by atoms with Crippen molar-refractivity contribution in [1.29, 1.82) is 0 Å². The predicted molar refractivity (Wildman–Crippen MR) is 71.2 cm³/mol. The highest BCUT2D eigenvalue weighted by Gasteiger charge is 2.16. The molecule has 2 nitrogen and oxygen atoms in total.